The summed E-state index contributed by atoms with van der Waals surface area (Å²) in [6.07, 6.45) is 2.61. The van der Waals surface area contributed by atoms with Crippen molar-refractivity contribution in [3.63, 3.8) is 0 Å². The highest BCUT2D eigenvalue weighted by Gasteiger charge is 2.07. The van der Waals surface area contributed by atoms with Crippen molar-refractivity contribution in [2.45, 2.75) is 19.3 Å². The molecular formula is C12H12BrClFN. The summed E-state index contributed by atoms with van der Waals surface area (Å²) in [4.78, 5) is 0. The van der Waals surface area contributed by atoms with E-state index in [1.807, 2.05) is 0 Å². The third kappa shape index (κ3) is 3.79. The van der Waals surface area contributed by atoms with Gasteiger partial charge < -0.3 is 5.73 Å². The summed E-state index contributed by atoms with van der Waals surface area (Å²) in [5.74, 6) is 5.20. The van der Waals surface area contributed by atoms with Crippen LogP contribution in [0.2, 0.25) is 5.02 Å². The standard InChI is InChI=1S/C12H12BrClFN/c13-10-7-6-9(12(15)11(10)14)5-3-1-2-4-8-16/h6-7H,1-2,4,8,16H2. The maximum atomic E-state index is 13.6. The molecule has 0 spiro atoms. The molecule has 0 heterocycles. The van der Waals surface area contributed by atoms with E-state index in [-0.39, 0.29) is 5.02 Å². The van der Waals surface area contributed by atoms with Crippen molar-refractivity contribution in [1.29, 1.82) is 0 Å². The summed E-state index contributed by atoms with van der Waals surface area (Å²) >= 11 is 8.89. The van der Waals surface area contributed by atoms with Crippen LogP contribution in [-0.2, 0) is 0 Å². The van der Waals surface area contributed by atoms with E-state index < -0.39 is 5.82 Å². The summed E-state index contributed by atoms with van der Waals surface area (Å²) in [6.45, 7) is 0.667. The van der Waals surface area contributed by atoms with Gasteiger partial charge >= 0.3 is 0 Å². The van der Waals surface area contributed by atoms with Gasteiger partial charge in [-0.05, 0) is 47.4 Å². The predicted molar refractivity (Wildman–Crippen MR) is 68.9 cm³/mol. The third-order valence-electron chi connectivity index (χ3n) is 2.01. The van der Waals surface area contributed by atoms with E-state index in [9.17, 15) is 4.39 Å². The lowest BCUT2D eigenvalue weighted by molar-refractivity contribution is 0.624. The monoisotopic (exact) mass is 303 g/mol. The average Bonchev–Trinajstić information content (AvgIpc) is 2.28. The van der Waals surface area contributed by atoms with Crippen molar-refractivity contribution in [1.82, 2.24) is 0 Å². The zero-order chi connectivity index (χ0) is 12.0. The van der Waals surface area contributed by atoms with E-state index in [4.69, 9.17) is 17.3 Å². The lowest BCUT2D eigenvalue weighted by Crippen LogP contribution is -1.97. The first-order valence-electron chi connectivity index (χ1n) is 4.99. The molecule has 0 aromatic heterocycles. The largest absolute Gasteiger partial charge is 0.330 e. The van der Waals surface area contributed by atoms with Crippen LogP contribution in [0.15, 0.2) is 16.6 Å². The Morgan fingerprint density at radius 3 is 2.81 bits per heavy atom. The van der Waals surface area contributed by atoms with Gasteiger partial charge in [0, 0.05) is 10.9 Å². The zero-order valence-corrected chi connectivity index (χ0v) is 11.0. The summed E-state index contributed by atoms with van der Waals surface area (Å²) in [7, 11) is 0. The maximum Gasteiger partial charge on any atom is 0.158 e. The number of unbranched alkanes of at least 4 members (excludes halogenated alkanes) is 2. The lowest BCUT2D eigenvalue weighted by atomic mass is 10.2. The smallest absolute Gasteiger partial charge is 0.158 e. The second-order valence-corrected chi connectivity index (χ2v) is 4.50. The summed E-state index contributed by atoms with van der Waals surface area (Å²) < 4.78 is 14.1. The van der Waals surface area contributed by atoms with E-state index >= 15 is 0 Å². The van der Waals surface area contributed by atoms with Crippen molar-refractivity contribution in [3.05, 3.63) is 33.0 Å². The molecule has 1 nitrogen and oxygen atoms in total. The van der Waals surface area contributed by atoms with Gasteiger partial charge in [-0.25, -0.2) is 4.39 Å². The molecule has 0 saturated carbocycles. The van der Waals surface area contributed by atoms with Crippen LogP contribution in [0.5, 0.6) is 0 Å². The SMILES string of the molecule is NCCCCC#Cc1ccc(Br)c(Cl)c1F. The molecule has 0 fully saturated rings. The number of rotatable bonds is 3. The Labute approximate surface area is 108 Å². The van der Waals surface area contributed by atoms with Gasteiger partial charge in [-0.1, -0.05) is 23.4 Å². The fourth-order valence-corrected chi connectivity index (χ4v) is 1.61. The molecule has 0 aliphatic carbocycles. The highest BCUT2D eigenvalue weighted by Crippen LogP contribution is 2.27. The van der Waals surface area contributed by atoms with E-state index in [0.29, 0.717) is 16.6 Å². The second kappa shape index (κ2) is 6.90. The lowest BCUT2D eigenvalue weighted by Gasteiger charge is -1.99. The Hall–Kier alpha value is -0.560. The van der Waals surface area contributed by atoms with Crippen LogP contribution in [-0.4, -0.2) is 6.54 Å². The number of benzene rings is 1. The van der Waals surface area contributed by atoms with Crippen molar-refractivity contribution in [3.8, 4) is 11.8 Å². The van der Waals surface area contributed by atoms with Crippen LogP contribution in [0, 0.1) is 17.7 Å². The Balaban J connectivity index is 2.70. The summed E-state index contributed by atoms with van der Waals surface area (Å²) in [5, 5.41) is 0.0776. The molecule has 16 heavy (non-hydrogen) atoms. The molecule has 0 radical (unpaired) electrons. The molecule has 2 N–H and O–H groups in total. The van der Waals surface area contributed by atoms with Gasteiger partial charge in [0.1, 0.15) is 0 Å². The molecule has 0 unspecified atom stereocenters. The molecule has 1 aromatic carbocycles. The molecule has 1 aromatic rings. The van der Waals surface area contributed by atoms with Crippen LogP contribution in [0.25, 0.3) is 0 Å². The van der Waals surface area contributed by atoms with Crippen molar-refractivity contribution in [2.24, 2.45) is 5.73 Å². The first-order chi connectivity index (χ1) is 7.66. The molecule has 0 atom stereocenters. The normalized spacial score (nSPS) is 9.75. The minimum atomic E-state index is -0.470. The first kappa shape index (κ1) is 13.5. The van der Waals surface area contributed by atoms with Crippen molar-refractivity contribution in [2.75, 3.05) is 6.54 Å². The van der Waals surface area contributed by atoms with Gasteiger partial charge in [0.2, 0.25) is 0 Å². The fraction of sp³-hybridized carbons (Fsp3) is 0.333. The van der Waals surface area contributed by atoms with Gasteiger partial charge in [-0.3, -0.25) is 0 Å². The summed E-state index contributed by atoms with van der Waals surface area (Å²) in [5.41, 5.74) is 5.69. The second-order valence-electron chi connectivity index (χ2n) is 3.27. The zero-order valence-electron chi connectivity index (χ0n) is 8.69. The van der Waals surface area contributed by atoms with Crippen LogP contribution >= 0.6 is 27.5 Å². The first-order valence-corrected chi connectivity index (χ1v) is 6.16. The van der Waals surface area contributed by atoms with Crippen molar-refractivity contribution >= 4 is 27.5 Å². The molecule has 0 aliphatic rings. The highest BCUT2D eigenvalue weighted by molar-refractivity contribution is 9.10. The van der Waals surface area contributed by atoms with Gasteiger partial charge in [0.25, 0.3) is 0 Å². The highest BCUT2D eigenvalue weighted by atomic mass is 79.9. The van der Waals surface area contributed by atoms with Crippen molar-refractivity contribution < 1.29 is 4.39 Å². The number of hydrogen-bond donors (Lipinski definition) is 1. The average molecular weight is 305 g/mol. The maximum absolute atomic E-state index is 13.6. The summed E-state index contributed by atoms with van der Waals surface area (Å²) in [6, 6.07) is 3.30. The fourth-order valence-electron chi connectivity index (χ4n) is 1.14. The van der Waals surface area contributed by atoms with Crippen LogP contribution in [0.4, 0.5) is 4.39 Å². The van der Waals surface area contributed by atoms with Crippen LogP contribution < -0.4 is 5.73 Å². The van der Waals surface area contributed by atoms with E-state index in [0.717, 1.165) is 19.3 Å². The molecule has 4 heteroatoms. The Bertz CT molecular complexity index is 423. The van der Waals surface area contributed by atoms with Gasteiger partial charge in [-0.15, -0.1) is 0 Å². The molecular weight excluding hydrogens is 292 g/mol. The van der Waals surface area contributed by atoms with Crippen LogP contribution in [0.3, 0.4) is 0 Å². The molecule has 0 amide bonds. The van der Waals surface area contributed by atoms with Gasteiger partial charge in [0.15, 0.2) is 5.82 Å². The minimum absolute atomic E-state index is 0.0776. The topological polar surface area (TPSA) is 26.0 Å². The third-order valence-corrected chi connectivity index (χ3v) is 3.27. The Morgan fingerprint density at radius 2 is 2.12 bits per heavy atom. The molecule has 1 rings (SSSR count). The van der Waals surface area contributed by atoms with Crippen LogP contribution in [0.1, 0.15) is 24.8 Å². The van der Waals surface area contributed by atoms with E-state index in [1.165, 1.54) is 0 Å². The van der Waals surface area contributed by atoms with E-state index in [2.05, 4.69) is 27.8 Å². The number of nitrogens with two attached hydrogens (primary N) is 1. The predicted octanol–water partition coefficient (Wildman–Crippen LogP) is 3.72. The van der Waals surface area contributed by atoms with E-state index in [1.54, 1.807) is 12.1 Å². The number of hydrogen-bond acceptors (Lipinski definition) is 1. The minimum Gasteiger partial charge on any atom is -0.330 e. The molecule has 0 aliphatic heterocycles. The molecule has 0 bridgehead atoms. The van der Waals surface area contributed by atoms with Gasteiger partial charge in [-0.2, -0.15) is 0 Å². The Morgan fingerprint density at radius 1 is 1.38 bits per heavy atom. The molecule has 0 saturated heterocycles. The molecule has 86 valence electrons. The van der Waals surface area contributed by atoms with Gasteiger partial charge in [0.05, 0.1) is 10.6 Å². The quantitative estimate of drug-likeness (QED) is 0.514. The Kier molecular flexibility index (Phi) is 5.83. The number of halogens is 3.